The number of ether oxygens (including phenoxy) is 1. The van der Waals surface area contributed by atoms with Gasteiger partial charge in [0.2, 0.25) is 0 Å². The SMILES string of the molecule is CCCCOCC(F)(F)C(C)(C)CO. The van der Waals surface area contributed by atoms with Gasteiger partial charge in [-0.05, 0) is 6.42 Å². The molecule has 0 aliphatic rings. The summed E-state index contributed by atoms with van der Waals surface area (Å²) < 4.78 is 31.6. The van der Waals surface area contributed by atoms with Crippen LogP contribution in [0.15, 0.2) is 0 Å². The molecule has 0 spiro atoms. The summed E-state index contributed by atoms with van der Waals surface area (Å²) in [5, 5.41) is 8.80. The standard InChI is InChI=1S/C10H20F2O2/c1-4-5-6-14-8-10(11,12)9(2,3)7-13/h13H,4-8H2,1-3H3. The molecule has 0 aromatic carbocycles. The molecule has 1 N–H and O–H groups in total. The maximum atomic E-state index is 13.3. The number of halogens is 2. The Balaban J connectivity index is 3.94. The molecule has 0 aromatic rings. The molecule has 0 aliphatic heterocycles. The van der Waals surface area contributed by atoms with Crippen LogP contribution in [0.4, 0.5) is 8.78 Å². The summed E-state index contributed by atoms with van der Waals surface area (Å²) in [5.41, 5.74) is -1.42. The third-order valence-electron chi connectivity index (χ3n) is 2.31. The highest BCUT2D eigenvalue weighted by Crippen LogP contribution is 2.35. The molecule has 2 nitrogen and oxygen atoms in total. The molecule has 0 radical (unpaired) electrons. The second-order valence-corrected chi connectivity index (χ2v) is 4.15. The van der Waals surface area contributed by atoms with E-state index in [9.17, 15) is 8.78 Å². The van der Waals surface area contributed by atoms with Crippen LogP contribution in [0.1, 0.15) is 33.6 Å². The van der Waals surface area contributed by atoms with Crippen LogP contribution in [0.3, 0.4) is 0 Å². The van der Waals surface area contributed by atoms with Crippen molar-refractivity contribution in [1.82, 2.24) is 0 Å². The van der Waals surface area contributed by atoms with Crippen molar-refractivity contribution in [1.29, 1.82) is 0 Å². The topological polar surface area (TPSA) is 29.5 Å². The lowest BCUT2D eigenvalue weighted by Gasteiger charge is -2.31. The molecule has 4 heteroatoms. The van der Waals surface area contributed by atoms with Gasteiger partial charge in [0.25, 0.3) is 5.92 Å². The van der Waals surface area contributed by atoms with Crippen molar-refractivity contribution in [3.63, 3.8) is 0 Å². The molecule has 14 heavy (non-hydrogen) atoms. The smallest absolute Gasteiger partial charge is 0.278 e. The maximum absolute atomic E-state index is 13.3. The minimum absolute atomic E-state index is 0.355. The predicted molar refractivity (Wildman–Crippen MR) is 51.5 cm³/mol. The number of hydrogen-bond donors (Lipinski definition) is 1. The van der Waals surface area contributed by atoms with Crippen molar-refractivity contribution in [2.24, 2.45) is 5.41 Å². The molecule has 0 aromatic heterocycles. The maximum Gasteiger partial charge on any atom is 0.278 e. The average Bonchev–Trinajstić information content (AvgIpc) is 2.12. The van der Waals surface area contributed by atoms with Crippen molar-refractivity contribution in [3.05, 3.63) is 0 Å². The zero-order valence-electron chi connectivity index (χ0n) is 9.15. The number of rotatable bonds is 7. The zero-order chi connectivity index (χ0) is 11.2. The molecule has 0 rings (SSSR count). The molecule has 0 saturated heterocycles. The molecular formula is C10H20F2O2. The summed E-state index contributed by atoms with van der Waals surface area (Å²) in [4.78, 5) is 0. The Hall–Kier alpha value is -0.220. The largest absolute Gasteiger partial charge is 0.396 e. The molecule has 0 heterocycles. The third-order valence-corrected chi connectivity index (χ3v) is 2.31. The molecule has 0 amide bonds. The van der Waals surface area contributed by atoms with E-state index >= 15 is 0 Å². The van der Waals surface area contributed by atoms with Gasteiger partial charge in [-0.25, -0.2) is 8.78 Å². The number of hydrogen-bond acceptors (Lipinski definition) is 2. The minimum Gasteiger partial charge on any atom is -0.396 e. The highest BCUT2D eigenvalue weighted by molar-refractivity contribution is 4.84. The first kappa shape index (κ1) is 13.8. The average molecular weight is 210 g/mol. The van der Waals surface area contributed by atoms with E-state index in [2.05, 4.69) is 0 Å². The van der Waals surface area contributed by atoms with Gasteiger partial charge in [0.1, 0.15) is 6.61 Å². The van der Waals surface area contributed by atoms with Crippen LogP contribution in [0.5, 0.6) is 0 Å². The number of alkyl halides is 2. The Morgan fingerprint density at radius 1 is 1.29 bits per heavy atom. The van der Waals surface area contributed by atoms with E-state index in [0.29, 0.717) is 6.61 Å². The van der Waals surface area contributed by atoms with Gasteiger partial charge in [-0.1, -0.05) is 27.2 Å². The van der Waals surface area contributed by atoms with Crippen LogP contribution in [0.25, 0.3) is 0 Å². The van der Waals surface area contributed by atoms with E-state index in [-0.39, 0.29) is 0 Å². The van der Waals surface area contributed by atoms with Crippen molar-refractivity contribution >= 4 is 0 Å². The lowest BCUT2D eigenvalue weighted by Crippen LogP contribution is -2.43. The Labute approximate surface area is 84.3 Å². The first-order valence-corrected chi connectivity index (χ1v) is 4.94. The van der Waals surface area contributed by atoms with Gasteiger partial charge in [-0.15, -0.1) is 0 Å². The molecular weight excluding hydrogens is 190 g/mol. The first-order valence-electron chi connectivity index (χ1n) is 4.94. The van der Waals surface area contributed by atoms with Crippen molar-refractivity contribution < 1.29 is 18.6 Å². The fourth-order valence-corrected chi connectivity index (χ4v) is 0.758. The van der Waals surface area contributed by atoms with Gasteiger partial charge >= 0.3 is 0 Å². The summed E-state index contributed by atoms with van der Waals surface area (Å²) >= 11 is 0. The fourth-order valence-electron chi connectivity index (χ4n) is 0.758. The van der Waals surface area contributed by atoms with Gasteiger partial charge in [-0.2, -0.15) is 0 Å². The molecule has 0 atom stereocenters. The molecule has 0 saturated carbocycles. The molecule has 0 bridgehead atoms. The lowest BCUT2D eigenvalue weighted by molar-refractivity contribution is -0.165. The fraction of sp³-hybridized carbons (Fsp3) is 1.00. The summed E-state index contributed by atoms with van der Waals surface area (Å²) in [7, 11) is 0. The predicted octanol–water partition coefficient (Wildman–Crippen LogP) is 2.46. The summed E-state index contributed by atoms with van der Waals surface area (Å²) in [5.74, 6) is -2.98. The highest BCUT2D eigenvalue weighted by atomic mass is 19.3. The Morgan fingerprint density at radius 2 is 1.86 bits per heavy atom. The van der Waals surface area contributed by atoms with Crippen LogP contribution < -0.4 is 0 Å². The quantitative estimate of drug-likeness (QED) is 0.654. The number of aliphatic hydroxyl groups is 1. The van der Waals surface area contributed by atoms with E-state index in [4.69, 9.17) is 9.84 Å². The highest BCUT2D eigenvalue weighted by Gasteiger charge is 2.46. The van der Waals surface area contributed by atoms with Gasteiger partial charge in [0, 0.05) is 6.61 Å². The van der Waals surface area contributed by atoms with Gasteiger partial charge in [0.05, 0.1) is 12.0 Å². The normalized spacial score (nSPS) is 13.3. The Morgan fingerprint density at radius 3 is 2.29 bits per heavy atom. The minimum atomic E-state index is -2.98. The van der Waals surface area contributed by atoms with Crippen LogP contribution in [-0.4, -0.2) is 30.8 Å². The second kappa shape index (κ2) is 5.61. The van der Waals surface area contributed by atoms with Crippen LogP contribution in [0, 0.1) is 5.41 Å². The Bertz CT molecular complexity index is 158. The third kappa shape index (κ3) is 3.88. The number of aliphatic hydroxyl groups excluding tert-OH is 1. The lowest BCUT2D eigenvalue weighted by atomic mass is 9.87. The summed E-state index contributed by atoms with van der Waals surface area (Å²) in [6.07, 6.45) is 1.71. The van der Waals surface area contributed by atoms with Gasteiger partial charge < -0.3 is 9.84 Å². The second-order valence-electron chi connectivity index (χ2n) is 4.15. The van der Waals surface area contributed by atoms with Crippen molar-refractivity contribution in [3.8, 4) is 0 Å². The Kier molecular flexibility index (Phi) is 5.52. The monoisotopic (exact) mass is 210 g/mol. The zero-order valence-corrected chi connectivity index (χ0v) is 9.15. The summed E-state index contributed by atoms with van der Waals surface area (Å²) in [6.45, 7) is 3.83. The van der Waals surface area contributed by atoms with E-state index in [0.717, 1.165) is 12.8 Å². The molecule has 86 valence electrons. The van der Waals surface area contributed by atoms with Crippen molar-refractivity contribution in [2.45, 2.75) is 39.5 Å². The van der Waals surface area contributed by atoms with Gasteiger partial charge in [0.15, 0.2) is 0 Å². The van der Waals surface area contributed by atoms with E-state index in [1.165, 1.54) is 13.8 Å². The van der Waals surface area contributed by atoms with Crippen molar-refractivity contribution in [2.75, 3.05) is 19.8 Å². The van der Waals surface area contributed by atoms with Gasteiger partial charge in [-0.3, -0.25) is 0 Å². The van der Waals surface area contributed by atoms with E-state index in [1.54, 1.807) is 0 Å². The first-order chi connectivity index (χ1) is 6.37. The van der Waals surface area contributed by atoms with E-state index < -0.39 is 24.6 Å². The van der Waals surface area contributed by atoms with E-state index in [1.807, 2.05) is 6.92 Å². The molecule has 0 aliphatic carbocycles. The molecule has 0 fully saturated rings. The van der Waals surface area contributed by atoms with Crippen LogP contribution in [-0.2, 0) is 4.74 Å². The van der Waals surface area contributed by atoms with Crippen LogP contribution >= 0.6 is 0 Å². The molecule has 0 unspecified atom stereocenters. The number of unbranched alkanes of at least 4 members (excludes halogenated alkanes) is 1. The van der Waals surface area contributed by atoms with Crippen LogP contribution in [0.2, 0.25) is 0 Å². The summed E-state index contributed by atoms with van der Waals surface area (Å²) in [6, 6.07) is 0.